The van der Waals surface area contributed by atoms with E-state index in [1.807, 2.05) is 0 Å². The van der Waals surface area contributed by atoms with Crippen LogP contribution in [0.1, 0.15) is 19.3 Å². The Hall–Kier alpha value is -0.770. The van der Waals surface area contributed by atoms with Crippen LogP contribution < -0.4 is 5.73 Å². The second-order valence-corrected chi connectivity index (χ2v) is 3.30. The molecule has 0 spiro atoms. The third-order valence-corrected chi connectivity index (χ3v) is 2.37. The Morgan fingerprint density at radius 2 is 2.42 bits per heavy atom. The van der Waals surface area contributed by atoms with Gasteiger partial charge in [-0.05, 0) is 25.2 Å². The van der Waals surface area contributed by atoms with E-state index in [4.69, 9.17) is 10.8 Å². The molecule has 12 heavy (non-hydrogen) atoms. The minimum absolute atomic E-state index is 0.243. The normalized spacial score (nSPS) is 23.1. The predicted octanol–water partition coefficient (Wildman–Crippen LogP) is 0.159. The fraction of sp³-hybridized carbons (Fsp3) is 0.875. The summed E-state index contributed by atoms with van der Waals surface area (Å²) in [4.78, 5) is 12.4. The molecule has 1 aliphatic rings. The fourth-order valence-corrected chi connectivity index (χ4v) is 1.65. The van der Waals surface area contributed by atoms with Crippen LogP contribution in [0.5, 0.6) is 0 Å². The topological polar surface area (TPSA) is 66.6 Å². The molecule has 0 aliphatic carbocycles. The van der Waals surface area contributed by atoms with Crippen LogP contribution in [0.25, 0.3) is 0 Å². The standard InChI is InChI=1S/C8H16N2O2/c9-8(12)10-4-3-7(6-10)2-1-5-11/h7,11H,1-6H2,(H2,9,12). The lowest BCUT2D eigenvalue weighted by molar-refractivity contribution is 0.215. The van der Waals surface area contributed by atoms with E-state index in [9.17, 15) is 4.79 Å². The fourth-order valence-electron chi connectivity index (χ4n) is 1.65. The highest BCUT2D eigenvalue weighted by Crippen LogP contribution is 2.20. The van der Waals surface area contributed by atoms with Crippen molar-refractivity contribution in [2.45, 2.75) is 19.3 Å². The molecule has 4 heteroatoms. The third-order valence-electron chi connectivity index (χ3n) is 2.37. The molecule has 0 aromatic heterocycles. The van der Waals surface area contributed by atoms with E-state index in [1.54, 1.807) is 4.90 Å². The molecule has 1 atom stereocenters. The Balaban J connectivity index is 2.21. The summed E-state index contributed by atoms with van der Waals surface area (Å²) in [6.07, 6.45) is 2.86. The number of aliphatic hydroxyl groups excluding tert-OH is 1. The summed E-state index contributed by atoms with van der Waals surface area (Å²) < 4.78 is 0. The van der Waals surface area contributed by atoms with Crippen molar-refractivity contribution in [3.05, 3.63) is 0 Å². The smallest absolute Gasteiger partial charge is 0.314 e. The molecular formula is C8H16N2O2. The van der Waals surface area contributed by atoms with E-state index < -0.39 is 0 Å². The Kier molecular flexibility index (Phi) is 3.34. The average molecular weight is 172 g/mol. The van der Waals surface area contributed by atoms with Crippen LogP contribution in [0.4, 0.5) is 4.79 Å². The van der Waals surface area contributed by atoms with Crippen LogP contribution in [-0.2, 0) is 0 Å². The number of carbonyl (C=O) groups excluding carboxylic acids is 1. The number of carbonyl (C=O) groups is 1. The lowest BCUT2D eigenvalue weighted by atomic mass is 10.0. The zero-order valence-corrected chi connectivity index (χ0v) is 7.20. The maximum atomic E-state index is 10.7. The summed E-state index contributed by atoms with van der Waals surface area (Å²) in [5.41, 5.74) is 5.13. The first-order valence-corrected chi connectivity index (χ1v) is 4.39. The van der Waals surface area contributed by atoms with Crippen LogP contribution in [0.3, 0.4) is 0 Å². The first-order valence-electron chi connectivity index (χ1n) is 4.39. The zero-order chi connectivity index (χ0) is 8.97. The minimum atomic E-state index is -0.318. The molecular weight excluding hydrogens is 156 g/mol. The number of nitrogens with zero attached hydrogens (tertiary/aromatic N) is 1. The Bertz CT molecular complexity index is 161. The summed E-state index contributed by atoms with van der Waals surface area (Å²) in [5.74, 6) is 0.546. The molecule has 4 nitrogen and oxygen atoms in total. The van der Waals surface area contributed by atoms with E-state index in [0.29, 0.717) is 5.92 Å². The van der Waals surface area contributed by atoms with Gasteiger partial charge >= 0.3 is 6.03 Å². The monoisotopic (exact) mass is 172 g/mol. The highest BCUT2D eigenvalue weighted by Gasteiger charge is 2.23. The van der Waals surface area contributed by atoms with Gasteiger partial charge in [-0.1, -0.05) is 0 Å². The van der Waals surface area contributed by atoms with Gasteiger partial charge in [0.05, 0.1) is 0 Å². The molecule has 0 aromatic carbocycles. The molecule has 70 valence electrons. The Morgan fingerprint density at radius 1 is 1.67 bits per heavy atom. The number of nitrogens with two attached hydrogens (primary N) is 1. The predicted molar refractivity (Wildman–Crippen MR) is 45.6 cm³/mol. The van der Waals surface area contributed by atoms with Crippen LogP contribution in [0.2, 0.25) is 0 Å². The molecule has 0 aromatic rings. The summed E-state index contributed by atoms with van der Waals surface area (Å²) in [6, 6.07) is -0.318. The summed E-state index contributed by atoms with van der Waals surface area (Å²) in [5, 5.41) is 8.60. The van der Waals surface area contributed by atoms with Gasteiger partial charge in [-0.2, -0.15) is 0 Å². The van der Waals surface area contributed by atoms with Gasteiger partial charge in [0.1, 0.15) is 0 Å². The van der Waals surface area contributed by atoms with E-state index in [-0.39, 0.29) is 12.6 Å². The summed E-state index contributed by atoms with van der Waals surface area (Å²) in [7, 11) is 0. The number of primary amides is 1. The largest absolute Gasteiger partial charge is 0.396 e. The van der Waals surface area contributed by atoms with Gasteiger partial charge in [-0.3, -0.25) is 0 Å². The van der Waals surface area contributed by atoms with Gasteiger partial charge in [0.15, 0.2) is 0 Å². The Labute approximate surface area is 72.3 Å². The summed E-state index contributed by atoms with van der Waals surface area (Å²) in [6.45, 7) is 1.80. The second-order valence-electron chi connectivity index (χ2n) is 3.30. The van der Waals surface area contributed by atoms with E-state index >= 15 is 0 Å². The van der Waals surface area contributed by atoms with E-state index in [1.165, 1.54) is 0 Å². The van der Waals surface area contributed by atoms with E-state index in [0.717, 1.165) is 32.4 Å². The van der Waals surface area contributed by atoms with Gasteiger partial charge in [0.25, 0.3) is 0 Å². The lowest BCUT2D eigenvalue weighted by Crippen LogP contribution is -2.33. The van der Waals surface area contributed by atoms with Gasteiger partial charge in [-0.15, -0.1) is 0 Å². The van der Waals surface area contributed by atoms with Crippen molar-refractivity contribution in [3.63, 3.8) is 0 Å². The van der Waals surface area contributed by atoms with Crippen LogP contribution >= 0.6 is 0 Å². The third kappa shape index (κ3) is 2.37. The minimum Gasteiger partial charge on any atom is -0.396 e. The van der Waals surface area contributed by atoms with Crippen molar-refractivity contribution in [1.29, 1.82) is 0 Å². The lowest BCUT2D eigenvalue weighted by Gasteiger charge is -2.12. The van der Waals surface area contributed by atoms with Gasteiger partial charge in [0.2, 0.25) is 0 Å². The molecule has 2 amide bonds. The van der Waals surface area contributed by atoms with Crippen molar-refractivity contribution in [3.8, 4) is 0 Å². The molecule has 1 aliphatic heterocycles. The zero-order valence-electron chi connectivity index (χ0n) is 7.20. The van der Waals surface area contributed by atoms with Gasteiger partial charge in [-0.25, -0.2) is 4.79 Å². The summed E-state index contributed by atoms with van der Waals surface area (Å²) >= 11 is 0. The first-order chi connectivity index (χ1) is 5.74. The van der Waals surface area contributed by atoms with Gasteiger partial charge < -0.3 is 15.7 Å². The molecule has 1 saturated heterocycles. The van der Waals surface area contributed by atoms with Crippen molar-refractivity contribution >= 4 is 6.03 Å². The number of urea groups is 1. The van der Waals surface area contributed by atoms with Crippen LogP contribution in [0, 0.1) is 5.92 Å². The molecule has 1 heterocycles. The quantitative estimate of drug-likeness (QED) is 0.636. The number of likely N-dealkylation sites (tertiary alicyclic amines) is 1. The number of amides is 2. The van der Waals surface area contributed by atoms with E-state index in [2.05, 4.69) is 0 Å². The van der Waals surface area contributed by atoms with Crippen LogP contribution in [0.15, 0.2) is 0 Å². The molecule has 3 N–H and O–H groups in total. The molecule has 1 unspecified atom stereocenters. The molecule has 1 fully saturated rings. The number of hydrogen-bond donors (Lipinski definition) is 2. The highest BCUT2D eigenvalue weighted by atomic mass is 16.2. The SMILES string of the molecule is NC(=O)N1CCC(CCCO)C1. The van der Waals surface area contributed by atoms with Crippen LogP contribution in [-0.4, -0.2) is 35.7 Å². The second kappa shape index (κ2) is 4.30. The number of hydrogen-bond acceptors (Lipinski definition) is 2. The molecule has 0 radical (unpaired) electrons. The van der Waals surface area contributed by atoms with Crippen molar-refractivity contribution < 1.29 is 9.90 Å². The van der Waals surface area contributed by atoms with Crippen molar-refractivity contribution in [2.75, 3.05) is 19.7 Å². The average Bonchev–Trinajstić information content (AvgIpc) is 2.48. The molecule has 0 saturated carbocycles. The number of rotatable bonds is 3. The number of aliphatic hydroxyl groups is 1. The molecule has 1 rings (SSSR count). The molecule has 0 bridgehead atoms. The maximum Gasteiger partial charge on any atom is 0.314 e. The maximum absolute atomic E-state index is 10.7. The van der Waals surface area contributed by atoms with Crippen molar-refractivity contribution in [1.82, 2.24) is 4.90 Å². The highest BCUT2D eigenvalue weighted by molar-refractivity contribution is 5.72. The van der Waals surface area contributed by atoms with Crippen molar-refractivity contribution in [2.24, 2.45) is 11.7 Å². The first kappa shape index (κ1) is 9.32. The van der Waals surface area contributed by atoms with Gasteiger partial charge in [0, 0.05) is 19.7 Å². The Morgan fingerprint density at radius 3 is 2.92 bits per heavy atom.